The molecule has 1 rings (SSSR count). The Bertz CT molecular complexity index is 232. The molecule has 3 N–H and O–H groups in total. The summed E-state index contributed by atoms with van der Waals surface area (Å²) in [6.45, 7) is 3.01. The Morgan fingerprint density at radius 3 is 3.08 bits per heavy atom. The van der Waals surface area contributed by atoms with Crippen LogP contribution in [0.3, 0.4) is 0 Å². The van der Waals surface area contributed by atoms with Gasteiger partial charge >= 0.3 is 0 Å². The van der Waals surface area contributed by atoms with Gasteiger partial charge in [0.1, 0.15) is 5.82 Å². The zero-order valence-corrected chi connectivity index (χ0v) is 7.27. The zero-order valence-electron chi connectivity index (χ0n) is 7.27. The van der Waals surface area contributed by atoms with Gasteiger partial charge in [0.25, 0.3) is 0 Å². The topological polar surface area (TPSA) is 64.1 Å². The molecule has 0 aromatic carbocycles. The normalized spacial score (nSPS) is 13.2. The van der Waals surface area contributed by atoms with Crippen LogP contribution < -0.4 is 5.73 Å². The van der Waals surface area contributed by atoms with Crippen molar-refractivity contribution in [1.82, 2.24) is 9.55 Å². The average Bonchev–Trinajstić information content (AvgIpc) is 2.47. The summed E-state index contributed by atoms with van der Waals surface area (Å²) in [7, 11) is 0. The van der Waals surface area contributed by atoms with Crippen LogP contribution in [0.25, 0.3) is 0 Å². The Balaban J connectivity index is 2.50. The molecule has 0 aliphatic carbocycles. The molecule has 1 unspecified atom stereocenters. The number of rotatable bonds is 4. The SMILES string of the molecule is CC(O)CCn1ccnc1CN. The largest absolute Gasteiger partial charge is 0.393 e. The standard InChI is InChI=1S/C8H15N3O/c1-7(12)2-4-11-5-3-10-8(11)6-9/h3,5,7,12H,2,4,6,9H2,1H3. The third-order valence-electron chi connectivity index (χ3n) is 1.77. The van der Waals surface area contributed by atoms with Crippen LogP contribution in [0.5, 0.6) is 0 Å². The molecule has 0 aliphatic rings. The molecule has 1 aromatic heterocycles. The lowest BCUT2D eigenvalue weighted by Crippen LogP contribution is -2.11. The van der Waals surface area contributed by atoms with Gasteiger partial charge in [-0.1, -0.05) is 0 Å². The number of aromatic nitrogens is 2. The predicted molar refractivity (Wildman–Crippen MR) is 46.4 cm³/mol. The van der Waals surface area contributed by atoms with Crippen LogP contribution in [-0.2, 0) is 13.1 Å². The summed E-state index contributed by atoms with van der Waals surface area (Å²) in [5.74, 6) is 0.871. The lowest BCUT2D eigenvalue weighted by Gasteiger charge is -2.07. The van der Waals surface area contributed by atoms with E-state index in [0.717, 1.165) is 18.8 Å². The van der Waals surface area contributed by atoms with Gasteiger partial charge in [0, 0.05) is 18.9 Å². The maximum Gasteiger partial charge on any atom is 0.122 e. The molecule has 0 fully saturated rings. The van der Waals surface area contributed by atoms with Crippen LogP contribution >= 0.6 is 0 Å². The molecule has 0 bridgehead atoms. The number of nitrogens with two attached hydrogens (primary N) is 1. The molecular weight excluding hydrogens is 154 g/mol. The molecule has 1 heterocycles. The molecule has 68 valence electrons. The van der Waals surface area contributed by atoms with E-state index in [-0.39, 0.29) is 6.10 Å². The Kier molecular flexibility index (Phi) is 3.25. The number of nitrogens with zero attached hydrogens (tertiary/aromatic N) is 2. The van der Waals surface area contributed by atoms with E-state index in [1.54, 1.807) is 13.1 Å². The summed E-state index contributed by atoms with van der Waals surface area (Å²) >= 11 is 0. The van der Waals surface area contributed by atoms with Crippen LogP contribution in [0.15, 0.2) is 12.4 Å². The molecule has 0 saturated carbocycles. The van der Waals surface area contributed by atoms with Gasteiger partial charge < -0.3 is 15.4 Å². The van der Waals surface area contributed by atoms with Crippen molar-refractivity contribution in [2.24, 2.45) is 5.73 Å². The maximum absolute atomic E-state index is 9.05. The zero-order chi connectivity index (χ0) is 8.97. The van der Waals surface area contributed by atoms with Gasteiger partial charge in [0.05, 0.1) is 12.6 Å². The third kappa shape index (κ3) is 2.32. The molecule has 1 atom stereocenters. The van der Waals surface area contributed by atoms with E-state index in [1.165, 1.54) is 0 Å². The third-order valence-corrected chi connectivity index (χ3v) is 1.77. The van der Waals surface area contributed by atoms with Gasteiger partial charge in [0.15, 0.2) is 0 Å². The fourth-order valence-electron chi connectivity index (χ4n) is 1.06. The van der Waals surface area contributed by atoms with Crippen LogP contribution in [0.4, 0.5) is 0 Å². The van der Waals surface area contributed by atoms with E-state index in [1.807, 2.05) is 10.8 Å². The second-order valence-electron chi connectivity index (χ2n) is 2.88. The van der Waals surface area contributed by atoms with Gasteiger partial charge in [-0.25, -0.2) is 4.98 Å². The second kappa shape index (κ2) is 4.23. The summed E-state index contributed by atoms with van der Waals surface area (Å²) in [6, 6.07) is 0. The van der Waals surface area contributed by atoms with Gasteiger partial charge in [0.2, 0.25) is 0 Å². The van der Waals surface area contributed by atoms with Crippen molar-refractivity contribution in [3.63, 3.8) is 0 Å². The second-order valence-corrected chi connectivity index (χ2v) is 2.88. The average molecular weight is 169 g/mol. The molecule has 4 nitrogen and oxygen atoms in total. The van der Waals surface area contributed by atoms with Crippen LogP contribution in [-0.4, -0.2) is 20.8 Å². The van der Waals surface area contributed by atoms with Crippen LogP contribution in [0, 0.1) is 0 Å². The highest BCUT2D eigenvalue weighted by molar-refractivity contribution is 4.91. The van der Waals surface area contributed by atoms with Crippen molar-refractivity contribution in [2.45, 2.75) is 32.5 Å². The van der Waals surface area contributed by atoms with Crippen molar-refractivity contribution >= 4 is 0 Å². The first-order valence-electron chi connectivity index (χ1n) is 4.12. The van der Waals surface area contributed by atoms with Crippen molar-refractivity contribution in [3.05, 3.63) is 18.2 Å². The molecule has 0 saturated heterocycles. The van der Waals surface area contributed by atoms with Crippen LogP contribution in [0.1, 0.15) is 19.2 Å². The minimum Gasteiger partial charge on any atom is -0.393 e. The Hall–Kier alpha value is -0.870. The molecule has 12 heavy (non-hydrogen) atoms. The van der Waals surface area contributed by atoms with Gasteiger partial charge in [-0.05, 0) is 13.3 Å². The van der Waals surface area contributed by atoms with E-state index in [4.69, 9.17) is 10.8 Å². The number of hydrogen-bond donors (Lipinski definition) is 2. The van der Waals surface area contributed by atoms with Crippen LogP contribution in [0.2, 0.25) is 0 Å². The molecule has 0 aliphatic heterocycles. The lowest BCUT2D eigenvalue weighted by molar-refractivity contribution is 0.177. The summed E-state index contributed by atoms with van der Waals surface area (Å²) in [6.07, 6.45) is 4.08. The molecular formula is C8H15N3O. The molecule has 0 amide bonds. The lowest BCUT2D eigenvalue weighted by atomic mass is 10.3. The number of aryl methyl sites for hydroxylation is 1. The molecule has 0 spiro atoms. The first kappa shape index (κ1) is 9.22. The fraction of sp³-hybridized carbons (Fsp3) is 0.625. The monoisotopic (exact) mass is 169 g/mol. The van der Waals surface area contributed by atoms with E-state index < -0.39 is 0 Å². The highest BCUT2D eigenvalue weighted by Crippen LogP contribution is 2.00. The number of aliphatic hydroxyl groups excluding tert-OH is 1. The van der Waals surface area contributed by atoms with E-state index in [9.17, 15) is 0 Å². The van der Waals surface area contributed by atoms with E-state index in [0.29, 0.717) is 6.54 Å². The Morgan fingerprint density at radius 2 is 2.50 bits per heavy atom. The van der Waals surface area contributed by atoms with Crippen molar-refractivity contribution in [1.29, 1.82) is 0 Å². The fourth-order valence-corrected chi connectivity index (χ4v) is 1.06. The first-order valence-corrected chi connectivity index (χ1v) is 4.12. The summed E-state index contributed by atoms with van der Waals surface area (Å²) in [5.41, 5.74) is 5.46. The highest BCUT2D eigenvalue weighted by Gasteiger charge is 2.01. The smallest absolute Gasteiger partial charge is 0.122 e. The maximum atomic E-state index is 9.05. The first-order chi connectivity index (χ1) is 5.74. The van der Waals surface area contributed by atoms with Gasteiger partial charge in [-0.15, -0.1) is 0 Å². The van der Waals surface area contributed by atoms with Crippen molar-refractivity contribution in [2.75, 3.05) is 0 Å². The Labute approximate surface area is 72.0 Å². The quantitative estimate of drug-likeness (QED) is 0.672. The van der Waals surface area contributed by atoms with Crippen molar-refractivity contribution < 1.29 is 5.11 Å². The summed E-state index contributed by atoms with van der Waals surface area (Å²) < 4.78 is 1.96. The number of hydrogen-bond acceptors (Lipinski definition) is 3. The van der Waals surface area contributed by atoms with E-state index >= 15 is 0 Å². The number of aliphatic hydroxyl groups is 1. The molecule has 1 aromatic rings. The van der Waals surface area contributed by atoms with E-state index in [2.05, 4.69) is 4.98 Å². The Morgan fingerprint density at radius 1 is 1.75 bits per heavy atom. The minimum atomic E-state index is -0.266. The van der Waals surface area contributed by atoms with Gasteiger partial charge in [-0.3, -0.25) is 0 Å². The molecule has 4 heteroatoms. The highest BCUT2D eigenvalue weighted by atomic mass is 16.3. The predicted octanol–water partition coefficient (Wildman–Crippen LogP) is 0.113. The number of imidazole rings is 1. The van der Waals surface area contributed by atoms with Crippen molar-refractivity contribution in [3.8, 4) is 0 Å². The summed E-state index contributed by atoms with van der Waals surface area (Å²) in [4.78, 5) is 4.07. The van der Waals surface area contributed by atoms with Gasteiger partial charge in [-0.2, -0.15) is 0 Å². The summed E-state index contributed by atoms with van der Waals surface area (Å²) in [5, 5.41) is 9.05. The minimum absolute atomic E-state index is 0.266. The molecule has 0 radical (unpaired) electrons.